The highest BCUT2D eigenvalue weighted by molar-refractivity contribution is 7.98. The molecule has 3 N–H and O–H groups in total. The molecule has 7 nitrogen and oxygen atoms in total. The van der Waals surface area contributed by atoms with Crippen LogP contribution in [-0.2, 0) is 9.59 Å². The summed E-state index contributed by atoms with van der Waals surface area (Å²) in [5.41, 5.74) is -0.136. The number of nitrogens with zero attached hydrogens (tertiary/aromatic N) is 1. The molecule has 24 heavy (non-hydrogen) atoms. The maximum Gasteiger partial charge on any atom is 0.257 e. The summed E-state index contributed by atoms with van der Waals surface area (Å²) in [7, 11) is 0. The number of aromatic amines is 1. The molecule has 9 heteroatoms. The van der Waals surface area contributed by atoms with E-state index in [-0.39, 0.29) is 23.5 Å². The van der Waals surface area contributed by atoms with E-state index in [4.69, 9.17) is 0 Å². The van der Waals surface area contributed by atoms with Gasteiger partial charge in [0.2, 0.25) is 11.8 Å². The highest BCUT2D eigenvalue weighted by Crippen LogP contribution is 2.30. The average molecular weight is 348 g/mol. The van der Waals surface area contributed by atoms with Crippen LogP contribution in [0.15, 0.2) is 34.2 Å². The Morgan fingerprint density at radius 1 is 1.42 bits per heavy atom. The second kappa shape index (κ2) is 6.44. The van der Waals surface area contributed by atoms with E-state index in [2.05, 4.69) is 20.6 Å². The lowest BCUT2D eigenvalue weighted by molar-refractivity contribution is -0.123. The molecule has 2 heterocycles. The van der Waals surface area contributed by atoms with Gasteiger partial charge in [0.05, 0.1) is 11.5 Å². The van der Waals surface area contributed by atoms with Crippen molar-refractivity contribution in [3.05, 3.63) is 46.0 Å². The second-order valence-electron chi connectivity index (χ2n) is 5.14. The van der Waals surface area contributed by atoms with Crippen LogP contribution in [0.2, 0.25) is 0 Å². The third kappa shape index (κ3) is 3.16. The van der Waals surface area contributed by atoms with Gasteiger partial charge in [0, 0.05) is 12.1 Å². The number of benzene rings is 1. The summed E-state index contributed by atoms with van der Waals surface area (Å²) in [5.74, 6) is -2.39. The SMILES string of the molecule is CSc1nc2c(c(=O)[nH]1)C(C(=O)Nc1cccc(F)c1)CC(=O)N2. The third-order valence-corrected chi connectivity index (χ3v) is 4.11. The molecule has 3 rings (SSSR count). The highest BCUT2D eigenvalue weighted by Gasteiger charge is 2.34. The molecule has 2 amide bonds. The Bertz CT molecular complexity index is 883. The first-order valence-corrected chi connectivity index (χ1v) is 8.25. The van der Waals surface area contributed by atoms with Crippen LogP contribution < -0.4 is 16.2 Å². The fourth-order valence-corrected chi connectivity index (χ4v) is 2.84. The first kappa shape index (κ1) is 16.2. The number of carbonyl (C=O) groups is 2. The summed E-state index contributed by atoms with van der Waals surface area (Å²) < 4.78 is 13.2. The van der Waals surface area contributed by atoms with Crippen LogP contribution in [0, 0.1) is 5.82 Å². The number of fused-ring (bicyclic) bond motifs is 1. The molecular weight excluding hydrogens is 335 g/mol. The summed E-state index contributed by atoms with van der Waals surface area (Å²) in [4.78, 5) is 43.3. The van der Waals surface area contributed by atoms with Gasteiger partial charge < -0.3 is 15.6 Å². The van der Waals surface area contributed by atoms with Crippen molar-refractivity contribution in [2.45, 2.75) is 17.5 Å². The zero-order valence-electron chi connectivity index (χ0n) is 12.6. The number of anilines is 2. The number of thioether (sulfide) groups is 1. The van der Waals surface area contributed by atoms with Gasteiger partial charge in [-0.3, -0.25) is 14.4 Å². The minimum Gasteiger partial charge on any atom is -0.325 e. The molecule has 1 atom stereocenters. The molecule has 1 unspecified atom stereocenters. The zero-order chi connectivity index (χ0) is 17.3. The van der Waals surface area contributed by atoms with Crippen molar-refractivity contribution in [3.63, 3.8) is 0 Å². The first-order chi connectivity index (χ1) is 11.5. The Balaban J connectivity index is 1.96. The number of amides is 2. The molecule has 0 radical (unpaired) electrons. The fourth-order valence-electron chi connectivity index (χ4n) is 2.47. The predicted octanol–water partition coefficient (Wildman–Crippen LogP) is 1.70. The van der Waals surface area contributed by atoms with Gasteiger partial charge in [-0.2, -0.15) is 0 Å². The van der Waals surface area contributed by atoms with Gasteiger partial charge >= 0.3 is 0 Å². The summed E-state index contributed by atoms with van der Waals surface area (Å²) in [5, 5.41) is 5.37. The molecule has 0 fully saturated rings. The Kier molecular flexibility index (Phi) is 4.34. The maximum absolute atomic E-state index is 13.2. The quantitative estimate of drug-likeness (QED) is 0.578. The van der Waals surface area contributed by atoms with Crippen molar-refractivity contribution < 1.29 is 14.0 Å². The van der Waals surface area contributed by atoms with E-state index >= 15 is 0 Å². The van der Waals surface area contributed by atoms with Gasteiger partial charge in [-0.1, -0.05) is 17.8 Å². The summed E-state index contributed by atoms with van der Waals surface area (Å²) >= 11 is 1.21. The minimum absolute atomic E-state index is 0.0822. The van der Waals surface area contributed by atoms with Gasteiger partial charge in [0.25, 0.3) is 5.56 Å². The molecule has 1 aliphatic rings. The lowest BCUT2D eigenvalue weighted by atomic mass is 9.92. The number of H-pyrrole nitrogens is 1. The average Bonchev–Trinajstić information content (AvgIpc) is 2.53. The van der Waals surface area contributed by atoms with Crippen molar-refractivity contribution in [1.82, 2.24) is 9.97 Å². The number of aromatic nitrogens is 2. The number of halogens is 1. The highest BCUT2D eigenvalue weighted by atomic mass is 32.2. The predicted molar refractivity (Wildman–Crippen MR) is 87.7 cm³/mol. The summed E-state index contributed by atoms with van der Waals surface area (Å²) in [6.07, 6.45) is 1.54. The van der Waals surface area contributed by atoms with Crippen LogP contribution in [0.1, 0.15) is 17.9 Å². The van der Waals surface area contributed by atoms with E-state index in [0.717, 1.165) is 6.07 Å². The van der Waals surface area contributed by atoms with Gasteiger partial charge in [-0.05, 0) is 24.5 Å². The van der Waals surface area contributed by atoms with Crippen molar-refractivity contribution in [2.24, 2.45) is 0 Å². The van der Waals surface area contributed by atoms with Crippen molar-refractivity contribution in [3.8, 4) is 0 Å². The molecule has 124 valence electrons. The Morgan fingerprint density at radius 2 is 2.21 bits per heavy atom. The van der Waals surface area contributed by atoms with E-state index in [1.54, 1.807) is 6.26 Å². The summed E-state index contributed by atoms with van der Waals surface area (Å²) in [6, 6.07) is 5.37. The second-order valence-corrected chi connectivity index (χ2v) is 5.94. The van der Waals surface area contributed by atoms with Crippen LogP contribution >= 0.6 is 11.8 Å². The third-order valence-electron chi connectivity index (χ3n) is 3.53. The number of rotatable bonds is 3. The monoisotopic (exact) mass is 348 g/mol. The summed E-state index contributed by atoms with van der Waals surface area (Å²) in [6.45, 7) is 0. The Hall–Kier alpha value is -2.68. The molecule has 0 spiro atoms. The maximum atomic E-state index is 13.2. The van der Waals surface area contributed by atoms with Crippen molar-refractivity contribution in [2.75, 3.05) is 16.9 Å². The molecule has 0 saturated carbocycles. The normalized spacial score (nSPS) is 16.2. The van der Waals surface area contributed by atoms with Gasteiger partial charge in [-0.15, -0.1) is 0 Å². The molecule has 1 aliphatic heterocycles. The zero-order valence-corrected chi connectivity index (χ0v) is 13.4. The topological polar surface area (TPSA) is 104 Å². The van der Waals surface area contributed by atoms with Crippen LogP contribution in [-0.4, -0.2) is 28.0 Å². The molecule has 0 aliphatic carbocycles. The van der Waals surface area contributed by atoms with E-state index in [9.17, 15) is 18.8 Å². The van der Waals surface area contributed by atoms with Crippen LogP contribution in [0.4, 0.5) is 15.9 Å². The van der Waals surface area contributed by atoms with E-state index in [0.29, 0.717) is 5.16 Å². The molecule has 2 aromatic rings. The molecule has 1 aromatic heterocycles. The molecule has 1 aromatic carbocycles. The standard InChI is InChI=1S/C15H13FN4O3S/c1-24-15-19-12-11(14(23)20-15)9(6-10(21)18-12)13(22)17-8-4-2-3-7(16)5-8/h2-5,9H,6H2,1H3,(H,17,22)(H2,18,19,20,21,23). The number of carbonyl (C=O) groups excluding carboxylic acids is 2. The smallest absolute Gasteiger partial charge is 0.257 e. The van der Waals surface area contributed by atoms with Crippen LogP contribution in [0.3, 0.4) is 0 Å². The molecular formula is C15H13FN4O3S. The van der Waals surface area contributed by atoms with Crippen LogP contribution in [0.5, 0.6) is 0 Å². The number of nitrogens with one attached hydrogen (secondary N) is 3. The number of hydrogen-bond acceptors (Lipinski definition) is 5. The minimum atomic E-state index is -0.996. The Labute approximate surface area is 140 Å². The van der Waals surface area contributed by atoms with E-state index in [1.165, 1.54) is 30.0 Å². The van der Waals surface area contributed by atoms with Gasteiger partial charge in [-0.25, -0.2) is 9.37 Å². The first-order valence-electron chi connectivity index (χ1n) is 7.02. The van der Waals surface area contributed by atoms with Crippen LogP contribution in [0.25, 0.3) is 0 Å². The largest absolute Gasteiger partial charge is 0.325 e. The number of hydrogen-bond donors (Lipinski definition) is 3. The van der Waals surface area contributed by atoms with Crippen molar-refractivity contribution >= 4 is 35.1 Å². The molecule has 0 bridgehead atoms. The Morgan fingerprint density at radius 3 is 2.92 bits per heavy atom. The lowest BCUT2D eigenvalue weighted by Crippen LogP contribution is -2.36. The van der Waals surface area contributed by atoms with E-state index in [1.807, 2.05) is 0 Å². The lowest BCUT2D eigenvalue weighted by Gasteiger charge is -2.23. The van der Waals surface area contributed by atoms with E-state index < -0.39 is 29.1 Å². The van der Waals surface area contributed by atoms with Gasteiger partial charge in [0.1, 0.15) is 11.6 Å². The fraction of sp³-hybridized carbons (Fsp3) is 0.200. The van der Waals surface area contributed by atoms with Gasteiger partial charge in [0.15, 0.2) is 5.16 Å². The van der Waals surface area contributed by atoms with Crippen molar-refractivity contribution in [1.29, 1.82) is 0 Å². The molecule has 0 saturated heterocycles.